The number of amides is 2. The molecule has 4 heteroatoms. The molecular formula is C17H28N2O2. The highest BCUT2D eigenvalue weighted by molar-refractivity contribution is 6.05. The van der Waals surface area contributed by atoms with Crippen LogP contribution in [-0.4, -0.2) is 34.8 Å². The summed E-state index contributed by atoms with van der Waals surface area (Å²) in [6, 6.07) is 0.368. The van der Waals surface area contributed by atoms with Gasteiger partial charge in [-0.25, -0.2) is 0 Å². The maximum atomic E-state index is 12.6. The van der Waals surface area contributed by atoms with Crippen molar-refractivity contribution in [2.75, 3.05) is 0 Å². The van der Waals surface area contributed by atoms with Gasteiger partial charge in [-0.2, -0.15) is 0 Å². The Morgan fingerprint density at radius 3 is 2.05 bits per heavy atom. The number of nitrogens with one attached hydrogen (secondary N) is 1. The average Bonchev–Trinajstić information content (AvgIpc) is 3.02. The van der Waals surface area contributed by atoms with Gasteiger partial charge >= 0.3 is 0 Å². The van der Waals surface area contributed by atoms with Crippen molar-refractivity contribution in [1.82, 2.24) is 10.2 Å². The molecule has 0 spiro atoms. The molecule has 21 heavy (non-hydrogen) atoms. The van der Waals surface area contributed by atoms with Crippen molar-refractivity contribution in [3.05, 3.63) is 0 Å². The lowest BCUT2D eigenvalue weighted by molar-refractivity contribution is -0.141. The quantitative estimate of drug-likeness (QED) is 0.814. The van der Waals surface area contributed by atoms with E-state index in [0.717, 1.165) is 38.5 Å². The van der Waals surface area contributed by atoms with Gasteiger partial charge in [0.15, 0.2) is 0 Å². The molecule has 1 aliphatic heterocycles. The molecule has 1 unspecified atom stereocenters. The van der Waals surface area contributed by atoms with Gasteiger partial charge < -0.3 is 5.32 Å². The lowest BCUT2D eigenvalue weighted by Crippen LogP contribution is -2.46. The molecule has 1 heterocycles. The number of likely N-dealkylation sites (tertiary alicyclic amines) is 1. The van der Waals surface area contributed by atoms with Gasteiger partial charge in [-0.05, 0) is 25.7 Å². The SMILES string of the molecule is O=C1CC(NC2CCCCCCC2)C(=O)N1C1CCCC1. The molecule has 3 aliphatic rings. The van der Waals surface area contributed by atoms with Gasteiger partial charge in [0.2, 0.25) is 11.8 Å². The Balaban J connectivity index is 1.58. The molecule has 1 atom stereocenters. The van der Waals surface area contributed by atoms with Crippen LogP contribution in [0.4, 0.5) is 0 Å². The minimum Gasteiger partial charge on any atom is -0.303 e. The standard InChI is InChI=1S/C17H28N2O2/c20-16-12-15(17(21)19(16)14-10-6-7-11-14)18-13-8-4-2-1-3-5-9-13/h13-15,18H,1-12H2. The van der Waals surface area contributed by atoms with Gasteiger partial charge in [-0.3, -0.25) is 14.5 Å². The van der Waals surface area contributed by atoms with E-state index in [9.17, 15) is 9.59 Å². The lowest BCUT2D eigenvalue weighted by Gasteiger charge is -2.25. The van der Waals surface area contributed by atoms with Crippen molar-refractivity contribution >= 4 is 11.8 Å². The molecule has 0 aromatic carbocycles. The van der Waals surface area contributed by atoms with Crippen LogP contribution in [0.3, 0.4) is 0 Å². The van der Waals surface area contributed by atoms with E-state index < -0.39 is 0 Å². The summed E-state index contributed by atoms with van der Waals surface area (Å²) in [4.78, 5) is 26.4. The van der Waals surface area contributed by atoms with Crippen LogP contribution in [-0.2, 0) is 9.59 Å². The van der Waals surface area contributed by atoms with Gasteiger partial charge in [0.1, 0.15) is 0 Å². The van der Waals surface area contributed by atoms with E-state index in [-0.39, 0.29) is 23.9 Å². The molecule has 1 saturated heterocycles. The molecule has 1 N–H and O–H groups in total. The maximum absolute atomic E-state index is 12.6. The third kappa shape index (κ3) is 3.47. The third-order valence-corrected chi connectivity index (χ3v) is 5.41. The second-order valence-corrected chi connectivity index (χ2v) is 7.01. The predicted octanol–water partition coefficient (Wildman–Crippen LogP) is 2.76. The number of imide groups is 1. The number of carbonyl (C=O) groups excluding carboxylic acids is 2. The summed E-state index contributed by atoms with van der Waals surface area (Å²) < 4.78 is 0. The highest BCUT2D eigenvalue weighted by atomic mass is 16.2. The zero-order valence-electron chi connectivity index (χ0n) is 13.0. The Morgan fingerprint density at radius 1 is 0.810 bits per heavy atom. The lowest BCUT2D eigenvalue weighted by atomic mass is 9.96. The van der Waals surface area contributed by atoms with Crippen LogP contribution < -0.4 is 5.32 Å². The fourth-order valence-electron chi connectivity index (χ4n) is 4.23. The third-order valence-electron chi connectivity index (χ3n) is 5.41. The second-order valence-electron chi connectivity index (χ2n) is 7.01. The first kappa shape index (κ1) is 15.0. The predicted molar refractivity (Wildman–Crippen MR) is 81.8 cm³/mol. The molecule has 0 radical (unpaired) electrons. The van der Waals surface area contributed by atoms with E-state index in [2.05, 4.69) is 5.32 Å². The Kier molecular flexibility index (Phi) is 4.94. The fraction of sp³-hybridized carbons (Fsp3) is 0.882. The molecule has 0 aromatic heterocycles. The summed E-state index contributed by atoms with van der Waals surface area (Å²) in [6.07, 6.45) is 13.5. The zero-order valence-corrected chi connectivity index (χ0v) is 13.0. The van der Waals surface area contributed by atoms with E-state index in [0.29, 0.717) is 12.5 Å². The van der Waals surface area contributed by atoms with Gasteiger partial charge in [-0.1, -0.05) is 44.9 Å². The van der Waals surface area contributed by atoms with Gasteiger partial charge in [0.05, 0.1) is 12.5 Å². The van der Waals surface area contributed by atoms with Gasteiger partial charge in [0, 0.05) is 12.1 Å². The molecule has 2 saturated carbocycles. The summed E-state index contributed by atoms with van der Waals surface area (Å²) in [5.41, 5.74) is 0. The van der Waals surface area contributed by atoms with Crippen LogP contribution >= 0.6 is 0 Å². The normalized spacial score (nSPS) is 29.9. The van der Waals surface area contributed by atoms with Crippen molar-refractivity contribution in [2.24, 2.45) is 0 Å². The van der Waals surface area contributed by atoms with Crippen LogP contribution in [0.5, 0.6) is 0 Å². The Hall–Kier alpha value is -0.900. The zero-order chi connectivity index (χ0) is 14.7. The second kappa shape index (κ2) is 6.91. The summed E-state index contributed by atoms with van der Waals surface area (Å²) in [5, 5.41) is 3.51. The number of hydrogen-bond acceptors (Lipinski definition) is 3. The van der Waals surface area contributed by atoms with Gasteiger partial charge in [0.25, 0.3) is 0 Å². The van der Waals surface area contributed by atoms with E-state index in [1.165, 1.54) is 32.1 Å². The van der Waals surface area contributed by atoms with Crippen molar-refractivity contribution in [2.45, 2.75) is 95.2 Å². The molecule has 0 bridgehead atoms. The molecule has 2 amide bonds. The minimum absolute atomic E-state index is 0.0500. The smallest absolute Gasteiger partial charge is 0.247 e. The van der Waals surface area contributed by atoms with Crippen molar-refractivity contribution in [1.29, 1.82) is 0 Å². The first-order valence-electron chi connectivity index (χ1n) is 8.87. The molecule has 3 fully saturated rings. The number of carbonyl (C=O) groups is 2. The number of nitrogens with zero attached hydrogens (tertiary/aromatic N) is 1. The molecule has 0 aromatic rings. The van der Waals surface area contributed by atoms with Crippen molar-refractivity contribution in [3.63, 3.8) is 0 Å². The molecule has 4 nitrogen and oxygen atoms in total. The largest absolute Gasteiger partial charge is 0.303 e. The first-order valence-corrected chi connectivity index (χ1v) is 8.87. The van der Waals surface area contributed by atoms with Crippen molar-refractivity contribution in [3.8, 4) is 0 Å². The Bertz CT molecular complexity index is 382. The van der Waals surface area contributed by atoms with Crippen LogP contribution in [0.1, 0.15) is 77.0 Å². The molecule has 118 valence electrons. The van der Waals surface area contributed by atoms with Crippen LogP contribution in [0, 0.1) is 0 Å². The molecule has 2 aliphatic carbocycles. The average molecular weight is 292 g/mol. The minimum atomic E-state index is -0.248. The fourth-order valence-corrected chi connectivity index (χ4v) is 4.23. The maximum Gasteiger partial charge on any atom is 0.247 e. The summed E-state index contributed by atoms with van der Waals surface area (Å²) >= 11 is 0. The van der Waals surface area contributed by atoms with E-state index in [4.69, 9.17) is 0 Å². The Morgan fingerprint density at radius 2 is 1.38 bits per heavy atom. The van der Waals surface area contributed by atoms with Gasteiger partial charge in [-0.15, -0.1) is 0 Å². The topological polar surface area (TPSA) is 49.4 Å². The molecule has 3 rings (SSSR count). The number of hydrogen-bond donors (Lipinski definition) is 1. The van der Waals surface area contributed by atoms with Crippen LogP contribution in [0.2, 0.25) is 0 Å². The summed E-state index contributed by atoms with van der Waals surface area (Å²) in [6.45, 7) is 0. The summed E-state index contributed by atoms with van der Waals surface area (Å²) in [7, 11) is 0. The van der Waals surface area contributed by atoms with Crippen molar-refractivity contribution < 1.29 is 9.59 Å². The highest BCUT2D eigenvalue weighted by Crippen LogP contribution is 2.28. The summed E-state index contributed by atoms with van der Waals surface area (Å²) in [5.74, 6) is 0.101. The Labute approximate surface area is 127 Å². The van der Waals surface area contributed by atoms with E-state index in [1.807, 2.05) is 0 Å². The monoisotopic (exact) mass is 292 g/mol. The number of rotatable bonds is 3. The highest BCUT2D eigenvalue weighted by Gasteiger charge is 2.43. The van der Waals surface area contributed by atoms with E-state index in [1.54, 1.807) is 4.90 Å². The van der Waals surface area contributed by atoms with Crippen LogP contribution in [0.25, 0.3) is 0 Å². The first-order chi connectivity index (χ1) is 10.3. The molecular weight excluding hydrogens is 264 g/mol. The van der Waals surface area contributed by atoms with Crippen LogP contribution in [0.15, 0.2) is 0 Å². The van der Waals surface area contributed by atoms with E-state index >= 15 is 0 Å².